The molecule has 0 atom stereocenters. The van der Waals surface area contributed by atoms with E-state index in [0.29, 0.717) is 0 Å². The van der Waals surface area contributed by atoms with Crippen LogP contribution in [0.5, 0.6) is 0 Å². The largest absolute Gasteiger partial charge is 0.253 e. The summed E-state index contributed by atoms with van der Waals surface area (Å²) in [5, 5.41) is 0. The van der Waals surface area contributed by atoms with Crippen LogP contribution < -0.4 is 0 Å². The van der Waals surface area contributed by atoms with Gasteiger partial charge >= 0.3 is 0 Å². The molecule has 1 aliphatic carbocycles. The molecule has 0 saturated carbocycles. The van der Waals surface area contributed by atoms with Crippen molar-refractivity contribution in [1.29, 1.82) is 0 Å². The molecule has 0 spiro atoms. The van der Waals surface area contributed by atoms with E-state index in [1.165, 1.54) is 0 Å². The van der Waals surface area contributed by atoms with Crippen molar-refractivity contribution in [1.82, 2.24) is 0 Å². The SMILES string of the molecule is C=C/C=C(/C)N=C1C=CC=CC1=C. The molecule has 1 aliphatic rings. The molecule has 1 rings (SSSR count). The van der Waals surface area contributed by atoms with Crippen LogP contribution in [0.1, 0.15) is 6.92 Å². The van der Waals surface area contributed by atoms with Crippen LogP contribution in [0, 0.1) is 0 Å². The van der Waals surface area contributed by atoms with Gasteiger partial charge in [-0.05, 0) is 24.6 Å². The Hall–Kier alpha value is -1.63. The van der Waals surface area contributed by atoms with Gasteiger partial charge in [-0.15, -0.1) is 0 Å². The molecule has 0 radical (unpaired) electrons. The number of aliphatic imine (C=N–C) groups is 1. The fourth-order valence-electron chi connectivity index (χ4n) is 1.02. The van der Waals surface area contributed by atoms with Gasteiger partial charge in [-0.1, -0.05) is 37.5 Å². The molecule has 0 aromatic heterocycles. The fraction of sp³-hybridized carbons (Fsp3) is 0.0833. The van der Waals surface area contributed by atoms with E-state index in [-0.39, 0.29) is 0 Å². The lowest BCUT2D eigenvalue weighted by Gasteiger charge is -2.03. The highest BCUT2D eigenvalue weighted by Gasteiger charge is 1.99. The summed E-state index contributed by atoms with van der Waals surface area (Å²) in [5.41, 5.74) is 2.79. The Kier molecular flexibility index (Phi) is 3.21. The van der Waals surface area contributed by atoms with Gasteiger partial charge in [0, 0.05) is 5.70 Å². The molecule has 0 unspecified atom stereocenters. The number of allylic oxidation sites excluding steroid dienone is 8. The lowest BCUT2D eigenvalue weighted by Crippen LogP contribution is -1.98. The second-order valence-electron chi connectivity index (χ2n) is 2.78. The lowest BCUT2D eigenvalue weighted by molar-refractivity contribution is 1.30. The zero-order valence-corrected chi connectivity index (χ0v) is 7.83. The van der Waals surface area contributed by atoms with Crippen molar-refractivity contribution in [3.63, 3.8) is 0 Å². The Labute approximate surface area is 79.2 Å². The number of hydrogen-bond acceptors (Lipinski definition) is 1. The Balaban J connectivity index is 2.88. The highest BCUT2D eigenvalue weighted by Crippen LogP contribution is 2.08. The number of hydrogen-bond donors (Lipinski definition) is 0. The molecule has 0 amide bonds. The minimum Gasteiger partial charge on any atom is -0.253 e. The summed E-state index contributed by atoms with van der Waals surface area (Å²) >= 11 is 0. The van der Waals surface area contributed by atoms with E-state index in [0.717, 1.165) is 17.0 Å². The van der Waals surface area contributed by atoms with Crippen LogP contribution in [0.15, 0.2) is 65.9 Å². The summed E-state index contributed by atoms with van der Waals surface area (Å²) < 4.78 is 0. The average Bonchev–Trinajstić information content (AvgIpc) is 2.09. The zero-order valence-electron chi connectivity index (χ0n) is 7.83. The summed E-state index contributed by atoms with van der Waals surface area (Å²) in [4.78, 5) is 4.38. The summed E-state index contributed by atoms with van der Waals surface area (Å²) in [6, 6.07) is 0. The average molecular weight is 171 g/mol. The maximum Gasteiger partial charge on any atom is 0.0699 e. The molecule has 0 heterocycles. The lowest BCUT2D eigenvalue weighted by atomic mass is 10.1. The van der Waals surface area contributed by atoms with E-state index in [9.17, 15) is 0 Å². The van der Waals surface area contributed by atoms with E-state index in [2.05, 4.69) is 18.2 Å². The van der Waals surface area contributed by atoms with Crippen LogP contribution in [0.25, 0.3) is 0 Å². The monoisotopic (exact) mass is 171 g/mol. The van der Waals surface area contributed by atoms with E-state index >= 15 is 0 Å². The molecule has 0 aromatic rings. The molecule has 0 aromatic carbocycles. The Bertz CT molecular complexity index is 338. The number of nitrogens with zero attached hydrogens (tertiary/aromatic N) is 1. The smallest absolute Gasteiger partial charge is 0.0699 e. The Morgan fingerprint density at radius 1 is 1.38 bits per heavy atom. The van der Waals surface area contributed by atoms with E-state index in [4.69, 9.17) is 0 Å². The minimum atomic E-state index is 0.915. The van der Waals surface area contributed by atoms with Crippen LogP contribution in [0.2, 0.25) is 0 Å². The first-order chi connectivity index (χ1) is 6.24. The highest BCUT2D eigenvalue weighted by molar-refractivity contribution is 6.11. The first-order valence-corrected chi connectivity index (χ1v) is 4.16. The third-order valence-corrected chi connectivity index (χ3v) is 1.65. The van der Waals surface area contributed by atoms with Gasteiger partial charge in [-0.25, -0.2) is 0 Å². The molecular formula is C12H13N. The third-order valence-electron chi connectivity index (χ3n) is 1.65. The standard InChI is InChI=1S/C12H13N/c1-4-7-11(3)13-12-9-6-5-8-10(12)2/h4-9H,1-2H2,3H3/b11-7-,13-12?. The van der Waals surface area contributed by atoms with Crippen molar-refractivity contribution in [2.75, 3.05) is 0 Å². The molecule has 66 valence electrons. The van der Waals surface area contributed by atoms with Crippen molar-refractivity contribution in [3.8, 4) is 0 Å². The van der Waals surface area contributed by atoms with Crippen molar-refractivity contribution < 1.29 is 0 Å². The summed E-state index contributed by atoms with van der Waals surface area (Å²) in [6.45, 7) is 9.44. The van der Waals surface area contributed by atoms with Gasteiger partial charge in [-0.2, -0.15) is 0 Å². The Morgan fingerprint density at radius 2 is 2.08 bits per heavy atom. The van der Waals surface area contributed by atoms with Crippen LogP contribution in [-0.4, -0.2) is 5.71 Å². The molecule has 0 N–H and O–H groups in total. The second kappa shape index (κ2) is 4.41. The van der Waals surface area contributed by atoms with Crippen LogP contribution in [0.4, 0.5) is 0 Å². The van der Waals surface area contributed by atoms with Gasteiger partial charge in [0.15, 0.2) is 0 Å². The van der Waals surface area contributed by atoms with Gasteiger partial charge < -0.3 is 0 Å². The molecule has 1 nitrogen and oxygen atoms in total. The van der Waals surface area contributed by atoms with Crippen molar-refractivity contribution >= 4 is 5.71 Å². The van der Waals surface area contributed by atoms with Crippen LogP contribution in [0.3, 0.4) is 0 Å². The van der Waals surface area contributed by atoms with E-state index in [1.807, 2.05) is 37.3 Å². The fourth-order valence-corrected chi connectivity index (χ4v) is 1.02. The third kappa shape index (κ3) is 2.71. The molecule has 0 bridgehead atoms. The molecule has 0 saturated heterocycles. The topological polar surface area (TPSA) is 12.4 Å². The molecule has 0 aliphatic heterocycles. The van der Waals surface area contributed by atoms with Gasteiger partial charge in [0.25, 0.3) is 0 Å². The predicted octanol–water partition coefficient (Wildman–Crippen LogP) is 3.20. The minimum absolute atomic E-state index is 0.915. The van der Waals surface area contributed by atoms with Gasteiger partial charge in [0.05, 0.1) is 5.71 Å². The zero-order chi connectivity index (χ0) is 9.68. The first-order valence-electron chi connectivity index (χ1n) is 4.16. The van der Waals surface area contributed by atoms with E-state index < -0.39 is 0 Å². The molecular weight excluding hydrogens is 158 g/mol. The maximum absolute atomic E-state index is 4.38. The van der Waals surface area contributed by atoms with E-state index in [1.54, 1.807) is 6.08 Å². The van der Waals surface area contributed by atoms with Gasteiger partial charge in [0.1, 0.15) is 0 Å². The molecule has 1 heteroatoms. The maximum atomic E-state index is 4.38. The van der Waals surface area contributed by atoms with Gasteiger partial charge in [0.2, 0.25) is 0 Å². The molecule has 13 heavy (non-hydrogen) atoms. The normalized spacial score (nSPS) is 19.6. The van der Waals surface area contributed by atoms with Crippen LogP contribution in [-0.2, 0) is 0 Å². The second-order valence-corrected chi connectivity index (χ2v) is 2.78. The number of rotatable bonds is 2. The van der Waals surface area contributed by atoms with Crippen molar-refractivity contribution in [2.45, 2.75) is 6.92 Å². The first kappa shape index (κ1) is 9.46. The quantitative estimate of drug-likeness (QED) is 0.566. The summed E-state index contributed by atoms with van der Waals surface area (Å²) in [5.74, 6) is 0. The van der Waals surface area contributed by atoms with Crippen molar-refractivity contribution in [2.24, 2.45) is 4.99 Å². The highest BCUT2D eigenvalue weighted by atomic mass is 14.7. The molecule has 0 fully saturated rings. The summed E-state index contributed by atoms with van der Waals surface area (Å²) in [7, 11) is 0. The summed E-state index contributed by atoms with van der Waals surface area (Å²) in [6.07, 6.45) is 11.4. The van der Waals surface area contributed by atoms with Gasteiger partial charge in [-0.3, -0.25) is 4.99 Å². The Morgan fingerprint density at radius 3 is 2.69 bits per heavy atom. The van der Waals surface area contributed by atoms with Crippen LogP contribution >= 0.6 is 0 Å². The predicted molar refractivity (Wildman–Crippen MR) is 58.8 cm³/mol. The van der Waals surface area contributed by atoms with Crippen molar-refractivity contribution in [3.05, 3.63) is 60.9 Å².